The molecular formula is C17H19ClN2O3. The van der Waals surface area contributed by atoms with Crippen molar-refractivity contribution in [1.82, 2.24) is 0 Å². The van der Waals surface area contributed by atoms with Gasteiger partial charge < -0.3 is 16.1 Å². The van der Waals surface area contributed by atoms with Crippen LogP contribution in [0.1, 0.15) is 18.4 Å². The molecule has 0 saturated heterocycles. The number of carbonyl (C=O) groups excluding carboxylic acids is 2. The molecule has 0 radical (unpaired) electrons. The third-order valence-electron chi connectivity index (χ3n) is 3.11. The summed E-state index contributed by atoms with van der Waals surface area (Å²) in [6.07, 6.45) is 0.241. The minimum atomic E-state index is -0.220. The van der Waals surface area contributed by atoms with Crippen molar-refractivity contribution in [3.63, 3.8) is 0 Å². The van der Waals surface area contributed by atoms with E-state index in [4.69, 9.17) is 11.6 Å². The van der Waals surface area contributed by atoms with Crippen molar-refractivity contribution in [1.29, 1.82) is 0 Å². The number of hydrogen-bond acceptors (Lipinski definition) is 2. The van der Waals surface area contributed by atoms with E-state index < -0.39 is 0 Å². The molecule has 6 heteroatoms. The lowest BCUT2D eigenvalue weighted by Crippen LogP contribution is -2.17. The van der Waals surface area contributed by atoms with Crippen LogP contribution in [0.2, 0.25) is 5.02 Å². The van der Waals surface area contributed by atoms with E-state index in [-0.39, 0.29) is 30.1 Å². The molecule has 0 unspecified atom stereocenters. The van der Waals surface area contributed by atoms with Crippen molar-refractivity contribution in [3.8, 4) is 0 Å². The van der Waals surface area contributed by atoms with Crippen molar-refractivity contribution in [3.05, 3.63) is 59.1 Å². The first kappa shape index (κ1) is 18.7. The maximum Gasteiger partial charge on any atom is 0.224 e. The van der Waals surface area contributed by atoms with Gasteiger partial charge in [-0.1, -0.05) is 35.9 Å². The van der Waals surface area contributed by atoms with Crippen molar-refractivity contribution in [2.75, 3.05) is 10.6 Å². The number of aryl methyl sites for hydroxylation is 1. The third kappa shape index (κ3) is 6.10. The molecule has 2 aromatic rings. The number of nitrogens with one attached hydrogen (secondary N) is 2. The molecule has 4 N–H and O–H groups in total. The van der Waals surface area contributed by atoms with Gasteiger partial charge in [0.15, 0.2) is 0 Å². The van der Waals surface area contributed by atoms with Gasteiger partial charge in [0.2, 0.25) is 11.8 Å². The normalized spacial score (nSPS) is 9.65. The number of amides is 2. The number of halogens is 1. The first-order valence-electron chi connectivity index (χ1n) is 6.95. The fraction of sp³-hybridized carbons (Fsp3) is 0.176. The van der Waals surface area contributed by atoms with Crippen molar-refractivity contribution >= 4 is 34.8 Å². The van der Waals surface area contributed by atoms with Gasteiger partial charge in [-0.2, -0.15) is 0 Å². The zero-order valence-electron chi connectivity index (χ0n) is 12.7. The van der Waals surface area contributed by atoms with Crippen LogP contribution in [0, 0.1) is 6.92 Å². The summed E-state index contributed by atoms with van der Waals surface area (Å²) < 4.78 is 0. The number of carbonyl (C=O) groups is 2. The molecule has 0 aliphatic carbocycles. The van der Waals surface area contributed by atoms with Crippen LogP contribution in [0.5, 0.6) is 0 Å². The summed E-state index contributed by atoms with van der Waals surface area (Å²) >= 11 is 5.85. The lowest BCUT2D eigenvalue weighted by Gasteiger charge is -2.08. The van der Waals surface area contributed by atoms with E-state index in [1.807, 2.05) is 31.2 Å². The highest BCUT2D eigenvalue weighted by Crippen LogP contribution is 2.16. The Labute approximate surface area is 140 Å². The first-order chi connectivity index (χ1) is 10.5. The van der Waals surface area contributed by atoms with Gasteiger partial charge >= 0.3 is 0 Å². The molecule has 0 bridgehead atoms. The summed E-state index contributed by atoms with van der Waals surface area (Å²) in [6.45, 7) is 1.92. The standard InChI is InChI=1S/C17H17ClN2O2.H2O/c1-12-5-2-3-8-15(12)20-17(22)10-9-16(21)19-14-7-4-6-13(18)11-14;/h2-8,11H,9-10H2,1H3,(H,19,21)(H,20,22);1H2. The Balaban J connectivity index is 0.00000264. The molecule has 122 valence electrons. The topological polar surface area (TPSA) is 89.7 Å². The second kappa shape index (κ2) is 8.92. The lowest BCUT2D eigenvalue weighted by atomic mass is 10.2. The number of para-hydroxylation sites is 1. The maximum atomic E-state index is 11.9. The fourth-order valence-corrected chi connectivity index (χ4v) is 2.13. The van der Waals surface area contributed by atoms with Gasteiger partial charge in [0.1, 0.15) is 0 Å². The maximum absolute atomic E-state index is 11.9. The van der Waals surface area contributed by atoms with E-state index in [9.17, 15) is 9.59 Å². The largest absolute Gasteiger partial charge is 0.412 e. The van der Waals surface area contributed by atoms with Crippen LogP contribution in [0.25, 0.3) is 0 Å². The van der Waals surface area contributed by atoms with Gasteiger partial charge in [-0.05, 0) is 36.8 Å². The Bertz CT molecular complexity index is 689. The van der Waals surface area contributed by atoms with Crippen LogP contribution in [0.3, 0.4) is 0 Å². The van der Waals surface area contributed by atoms with Gasteiger partial charge in [0, 0.05) is 29.2 Å². The van der Waals surface area contributed by atoms with Crippen molar-refractivity contribution in [2.45, 2.75) is 19.8 Å². The summed E-state index contributed by atoms with van der Waals surface area (Å²) in [6, 6.07) is 14.4. The number of anilines is 2. The highest BCUT2D eigenvalue weighted by atomic mass is 35.5. The first-order valence-corrected chi connectivity index (χ1v) is 7.33. The average molecular weight is 335 g/mol. The zero-order valence-corrected chi connectivity index (χ0v) is 13.5. The molecule has 2 amide bonds. The van der Waals surface area contributed by atoms with Gasteiger partial charge in [0.05, 0.1) is 0 Å². The highest BCUT2D eigenvalue weighted by molar-refractivity contribution is 6.30. The second-order valence-electron chi connectivity index (χ2n) is 4.92. The van der Waals surface area contributed by atoms with Gasteiger partial charge in [-0.15, -0.1) is 0 Å². The average Bonchev–Trinajstić information content (AvgIpc) is 2.48. The van der Waals surface area contributed by atoms with Crippen molar-refractivity contribution in [2.24, 2.45) is 0 Å². The van der Waals surface area contributed by atoms with Gasteiger partial charge in [-0.3, -0.25) is 9.59 Å². The Morgan fingerprint density at radius 2 is 1.61 bits per heavy atom. The SMILES string of the molecule is Cc1ccccc1NC(=O)CCC(=O)Nc1cccc(Cl)c1.O. The number of benzene rings is 2. The summed E-state index contributed by atoms with van der Waals surface area (Å²) in [4.78, 5) is 23.7. The molecule has 23 heavy (non-hydrogen) atoms. The quantitative estimate of drug-likeness (QED) is 0.879. The summed E-state index contributed by atoms with van der Waals surface area (Å²) in [5.74, 6) is -0.405. The van der Waals surface area contributed by atoms with E-state index >= 15 is 0 Å². The molecule has 0 heterocycles. The van der Waals surface area contributed by atoms with E-state index in [0.717, 1.165) is 11.3 Å². The number of rotatable bonds is 5. The van der Waals surface area contributed by atoms with Crippen LogP contribution in [0.15, 0.2) is 48.5 Å². The Morgan fingerprint density at radius 3 is 2.26 bits per heavy atom. The molecule has 5 nitrogen and oxygen atoms in total. The summed E-state index contributed by atoms with van der Waals surface area (Å²) in [5, 5.41) is 6.06. The van der Waals surface area contributed by atoms with Crippen LogP contribution >= 0.6 is 11.6 Å². The molecule has 0 fully saturated rings. The predicted octanol–water partition coefficient (Wildman–Crippen LogP) is 3.18. The molecule has 0 aliphatic rings. The highest BCUT2D eigenvalue weighted by Gasteiger charge is 2.08. The third-order valence-corrected chi connectivity index (χ3v) is 3.34. The van der Waals surface area contributed by atoms with Crippen molar-refractivity contribution < 1.29 is 15.1 Å². The Kier molecular flexibility index (Phi) is 7.25. The zero-order chi connectivity index (χ0) is 15.9. The van der Waals surface area contributed by atoms with Crippen LogP contribution in [-0.2, 0) is 9.59 Å². The Morgan fingerprint density at radius 1 is 0.957 bits per heavy atom. The molecule has 0 saturated carbocycles. The van der Waals surface area contributed by atoms with E-state index in [0.29, 0.717) is 10.7 Å². The van der Waals surface area contributed by atoms with E-state index in [1.54, 1.807) is 24.3 Å². The van der Waals surface area contributed by atoms with Crippen LogP contribution in [-0.4, -0.2) is 17.3 Å². The fourth-order valence-electron chi connectivity index (χ4n) is 1.94. The minimum absolute atomic E-state index is 0. The Hall–Kier alpha value is -2.37. The van der Waals surface area contributed by atoms with Crippen LogP contribution < -0.4 is 10.6 Å². The molecular weight excluding hydrogens is 316 g/mol. The minimum Gasteiger partial charge on any atom is -0.412 e. The monoisotopic (exact) mass is 334 g/mol. The molecule has 0 aromatic heterocycles. The second-order valence-corrected chi connectivity index (χ2v) is 5.36. The number of hydrogen-bond donors (Lipinski definition) is 2. The molecule has 0 aliphatic heterocycles. The van der Waals surface area contributed by atoms with Crippen LogP contribution in [0.4, 0.5) is 11.4 Å². The molecule has 2 rings (SSSR count). The van der Waals surface area contributed by atoms with E-state index in [2.05, 4.69) is 10.6 Å². The summed E-state index contributed by atoms with van der Waals surface area (Å²) in [7, 11) is 0. The van der Waals surface area contributed by atoms with E-state index in [1.165, 1.54) is 0 Å². The lowest BCUT2D eigenvalue weighted by molar-refractivity contribution is -0.121. The molecule has 2 aromatic carbocycles. The summed E-state index contributed by atoms with van der Waals surface area (Å²) in [5.41, 5.74) is 2.37. The smallest absolute Gasteiger partial charge is 0.224 e. The van der Waals surface area contributed by atoms with Gasteiger partial charge in [0.25, 0.3) is 0 Å². The molecule has 0 spiro atoms. The predicted molar refractivity (Wildman–Crippen MR) is 92.7 cm³/mol. The van der Waals surface area contributed by atoms with Gasteiger partial charge in [-0.25, -0.2) is 0 Å². The molecule has 0 atom stereocenters.